The molecular formula is C18H22ClNO. The number of phenolic OH excluding ortho intramolecular Hbond substituents is 1. The third kappa shape index (κ3) is 3.99. The Morgan fingerprint density at radius 2 is 1.76 bits per heavy atom. The van der Waals surface area contributed by atoms with Gasteiger partial charge in [-0.1, -0.05) is 55.8 Å². The maximum absolute atomic E-state index is 10.1. The molecule has 0 aliphatic heterocycles. The number of phenols is 1. The van der Waals surface area contributed by atoms with E-state index in [4.69, 9.17) is 11.6 Å². The molecule has 3 heteroatoms. The highest BCUT2D eigenvalue weighted by Crippen LogP contribution is 2.26. The molecule has 0 bridgehead atoms. The minimum Gasteiger partial charge on any atom is -0.507 e. The van der Waals surface area contributed by atoms with E-state index >= 15 is 0 Å². The summed E-state index contributed by atoms with van der Waals surface area (Å²) in [5, 5.41) is 14.4. The number of halogens is 1. The van der Waals surface area contributed by atoms with Crippen LogP contribution in [0.1, 0.15) is 36.6 Å². The molecule has 21 heavy (non-hydrogen) atoms. The first kappa shape index (κ1) is 15.9. The molecule has 2 nitrogen and oxygen atoms in total. The van der Waals surface area contributed by atoms with Crippen LogP contribution in [-0.2, 0) is 6.54 Å². The molecule has 1 atom stereocenters. The lowest BCUT2D eigenvalue weighted by Gasteiger charge is -2.23. The smallest absolute Gasteiger partial charge is 0.122 e. The number of hydrogen-bond acceptors (Lipinski definition) is 2. The van der Waals surface area contributed by atoms with E-state index < -0.39 is 0 Å². The second-order valence-electron chi connectivity index (χ2n) is 5.74. The number of rotatable bonds is 5. The fourth-order valence-corrected chi connectivity index (χ4v) is 2.62. The van der Waals surface area contributed by atoms with Gasteiger partial charge in [0, 0.05) is 23.2 Å². The van der Waals surface area contributed by atoms with Gasteiger partial charge in [0.05, 0.1) is 0 Å². The molecule has 0 amide bonds. The molecule has 0 aliphatic carbocycles. The van der Waals surface area contributed by atoms with Crippen LogP contribution in [0.25, 0.3) is 0 Å². The lowest BCUT2D eigenvalue weighted by atomic mass is 9.95. The van der Waals surface area contributed by atoms with Crippen LogP contribution in [0.15, 0.2) is 42.5 Å². The molecule has 0 fully saturated rings. The summed E-state index contributed by atoms with van der Waals surface area (Å²) in [5.74, 6) is 0.821. The molecule has 0 aliphatic rings. The fourth-order valence-electron chi connectivity index (χ4n) is 2.49. The Morgan fingerprint density at radius 3 is 2.38 bits per heavy atom. The number of hydrogen-bond donors (Lipinski definition) is 2. The molecule has 2 aromatic rings. The largest absolute Gasteiger partial charge is 0.507 e. The highest BCUT2D eigenvalue weighted by molar-refractivity contribution is 6.30. The lowest BCUT2D eigenvalue weighted by Crippen LogP contribution is -2.25. The Morgan fingerprint density at radius 1 is 1.10 bits per heavy atom. The van der Waals surface area contributed by atoms with Crippen LogP contribution in [0, 0.1) is 12.8 Å². The molecule has 0 saturated carbocycles. The lowest BCUT2D eigenvalue weighted by molar-refractivity contribution is 0.402. The summed E-state index contributed by atoms with van der Waals surface area (Å²) in [6, 6.07) is 14.0. The van der Waals surface area contributed by atoms with Gasteiger partial charge >= 0.3 is 0 Å². The quantitative estimate of drug-likeness (QED) is 0.828. The summed E-state index contributed by atoms with van der Waals surface area (Å²) in [4.78, 5) is 0. The van der Waals surface area contributed by atoms with Gasteiger partial charge in [0.1, 0.15) is 5.75 Å². The number of aromatic hydroxyl groups is 1. The molecule has 2 N–H and O–H groups in total. The zero-order chi connectivity index (χ0) is 15.4. The van der Waals surface area contributed by atoms with Gasteiger partial charge in [0.25, 0.3) is 0 Å². The standard InChI is InChI=1S/C18H22ClNO/c1-12(2)17(14-7-9-16(19)10-8-14)20-11-15-6-4-5-13(3)18(15)21/h4-10,12,17,20-21H,11H2,1-3H3. The Kier molecular flexibility index (Phi) is 5.27. The third-order valence-electron chi connectivity index (χ3n) is 3.73. The fraction of sp³-hybridized carbons (Fsp3) is 0.333. The van der Waals surface area contributed by atoms with E-state index in [1.165, 1.54) is 5.56 Å². The van der Waals surface area contributed by atoms with Crippen LogP contribution < -0.4 is 5.32 Å². The average Bonchev–Trinajstić information content (AvgIpc) is 2.45. The van der Waals surface area contributed by atoms with Gasteiger partial charge in [-0.2, -0.15) is 0 Å². The van der Waals surface area contributed by atoms with Crippen LogP contribution in [0.5, 0.6) is 5.75 Å². The van der Waals surface area contributed by atoms with Crippen LogP contribution >= 0.6 is 11.6 Å². The van der Waals surface area contributed by atoms with Gasteiger partial charge in [-0.05, 0) is 36.1 Å². The molecule has 0 radical (unpaired) electrons. The summed E-state index contributed by atoms with van der Waals surface area (Å²) >= 11 is 5.95. The van der Waals surface area contributed by atoms with E-state index in [0.29, 0.717) is 18.2 Å². The van der Waals surface area contributed by atoms with Crippen molar-refractivity contribution in [2.45, 2.75) is 33.4 Å². The van der Waals surface area contributed by atoms with E-state index in [9.17, 15) is 5.11 Å². The first-order valence-corrected chi connectivity index (χ1v) is 7.63. The molecule has 2 rings (SSSR count). The third-order valence-corrected chi connectivity index (χ3v) is 3.98. The van der Waals surface area contributed by atoms with Crippen LogP contribution in [-0.4, -0.2) is 5.11 Å². The molecule has 0 saturated heterocycles. The first-order valence-electron chi connectivity index (χ1n) is 7.25. The zero-order valence-electron chi connectivity index (χ0n) is 12.7. The molecule has 112 valence electrons. The second kappa shape index (κ2) is 6.97. The van der Waals surface area contributed by atoms with E-state index in [2.05, 4.69) is 31.3 Å². The van der Waals surface area contributed by atoms with Crippen LogP contribution in [0.3, 0.4) is 0 Å². The van der Waals surface area contributed by atoms with Crippen molar-refractivity contribution in [1.29, 1.82) is 0 Å². The molecule has 0 aromatic heterocycles. The van der Waals surface area contributed by atoms with Crippen molar-refractivity contribution >= 4 is 11.6 Å². The molecular weight excluding hydrogens is 282 g/mol. The summed E-state index contributed by atoms with van der Waals surface area (Å²) < 4.78 is 0. The summed E-state index contributed by atoms with van der Waals surface area (Å²) in [6.07, 6.45) is 0. The van der Waals surface area contributed by atoms with E-state index in [0.717, 1.165) is 16.1 Å². The highest BCUT2D eigenvalue weighted by Gasteiger charge is 2.16. The van der Waals surface area contributed by atoms with Gasteiger partial charge in [-0.15, -0.1) is 0 Å². The molecule has 0 heterocycles. The Labute approximate surface area is 131 Å². The molecule has 1 unspecified atom stereocenters. The van der Waals surface area contributed by atoms with Crippen molar-refractivity contribution in [1.82, 2.24) is 5.32 Å². The van der Waals surface area contributed by atoms with Crippen molar-refractivity contribution in [2.24, 2.45) is 5.92 Å². The minimum atomic E-state index is 0.224. The van der Waals surface area contributed by atoms with Gasteiger partial charge in [-0.25, -0.2) is 0 Å². The predicted molar refractivity (Wildman–Crippen MR) is 88.7 cm³/mol. The van der Waals surface area contributed by atoms with Crippen molar-refractivity contribution in [2.75, 3.05) is 0 Å². The Hall–Kier alpha value is -1.51. The summed E-state index contributed by atoms with van der Waals surface area (Å²) in [7, 11) is 0. The Bertz CT molecular complexity index is 593. The van der Waals surface area contributed by atoms with Crippen LogP contribution in [0.4, 0.5) is 0 Å². The van der Waals surface area contributed by atoms with E-state index in [-0.39, 0.29) is 6.04 Å². The summed E-state index contributed by atoms with van der Waals surface area (Å²) in [5.41, 5.74) is 3.04. The number of benzene rings is 2. The number of aryl methyl sites for hydroxylation is 1. The maximum atomic E-state index is 10.1. The second-order valence-corrected chi connectivity index (χ2v) is 6.17. The molecule has 0 spiro atoms. The number of para-hydroxylation sites is 1. The van der Waals surface area contributed by atoms with Crippen LogP contribution in [0.2, 0.25) is 5.02 Å². The topological polar surface area (TPSA) is 32.3 Å². The van der Waals surface area contributed by atoms with E-state index in [1.54, 1.807) is 0 Å². The maximum Gasteiger partial charge on any atom is 0.122 e. The van der Waals surface area contributed by atoms with Crippen molar-refractivity contribution in [3.8, 4) is 5.75 Å². The van der Waals surface area contributed by atoms with Gasteiger partial charge in [-0.3, -0.25) is 0 Å². The average molecular weight is 304 g/mol. The van der Waals surface area contributed by atoms with E-state index in [1.807, 2.05) is 37.3 Å². The monoisotopic (exact) mass is 303 g/mol. The van der Waals surface area contributed by atoms with Crippen molar-refractivity contribution in [3.05, 3.63) is 64.2 Å². The Balaban J connectivity index is 2.14. The van der Waals surface area contributed by atoms with Gasteiger partial charge < -0.3 is 10.4 Å². The van der Waals surface area contributed by atoms with Crippen molar-refractivity contribution < 1.29 is 5.11 Å². The normalized spacial score (nSPS) is 12.6. The summed E-state index contributed by atoms with van der Waals surface area (Å²) in [6.45, 7) is 6.92. The first-order chi connectivity index (χ1) is 9.99. The van der Waals surface area contributed by atoms with Gasteiger partial charge in [0.15, 0.2) is 0 Å². The highest BCUT2D eigenvalue weighted by atomic mass is 35.5. The van der Waals surface area contributed by atoms with Crippen molar-refractivity contribution in [3.63, 3.8) is 0 Å². The minimum absolute atomic E-state index is 0.224. The SMILES string of the molecule is Cc1cccc(CNC(c2ccc(Cl)cc2)C(C)C)c1O. The zero-order valence-corrected chi connectivity index (χ0v) is 13.5. The molecule has 2 aromatic carbocycles. The predicted octanol–water partition coefficient (Wildman–Crippen LogP) is 4.84. The number of nitrogens with one attached hydrogen (secondary N) is 1. The van der Waals surface area contributed by atoms with Gasteiger partial charge in [0.2, 0.25) is 0 Å².